The summed E-state index contributed by atoms with van der Waals surface area (Å²) in [5.74, 6) is 0.590. The Labute approximate surface area is 146 Å². The second-order valence-electron chi connectivity index (χ2n) is 4.46. The second-order valence-corrected chi connectivity index (χ2v) is 5.66. The number of nitrogens with one attached hydrogen (secondary N) is 1. The number of amides is 1. The largest absolute Gasteiger partial charge is 0.495 e. The number of carbonyl (C=O) groups excluding carboxylic acids is 1. The average Bonchev–Trinajstić information content (AvgIpc) is 2.56. The van der Waals surface area contributed by atoms with Crippen molar-refractivity contribution in [3.05, 3.63) is 51.0 Å². The van der Waals surface area contributed by atoms with Gasteiger partial charge < -0.3 is 14.8 Å². The lowest BCUT2D eigenvalue weighted by molar-refractivity contribution is 0.102. The fourth-order valence-corrected chi connectivity index (χ4v) is 2.60. The van der Waals surface area contributed by atoms with Gasteiger partial charge in [-0.05, 0) is 46.3 Å². The number of halogens is 2. The minimum Gasteiger partial charge on any atom is -0.495 e. The third-order valence-electron chi connectivity index (χ3n) is 3.05. The minimum atomic E-state index is -0.361. The predicted octanol–water partition coefficient (Wildman–Crippen LogP) is 4.24. The maximum atomic E-state index is 12.4. The molecule has 0 aliphatic carbocycles. The number of nitrogens with zero attached hydrogens (tertiary/aromatic N) is 1. The van der Waals surface area contributed by atoms with Crippen molar-refractivity contribution >= 4 is 39.1 Å². The van der Waals surface area contributed by atoms with Crippen molar-refractivity contribution in [1.82, 2.24) is 0 Å². The molecular weight excluding hydrogens is 384 g/mol. The Morgan fingerprint density at radius 1 is 1.22 bits per heavy atom. The highest BCUT2D eigenvalue weighted by Crippen LogP contribution is 2.35. The first-order valence-electron chi connectivity index (χ1n) is 6.42. The van der Waals surface area contributed by atoms with Gasteiger partial charge in [-0.15, -0.1) is 0 Å². The maximum absolute atomic E-state index is 12.4. The maximum Gasteiger partial charge on any atom is 0.255 e. The molecular formula is C16H12BrClN2O3. The number of hydrogen-bond acceptors (Lipinski definition) is 4. The van der Waals surface area contributed by atoms with Gasteiger partial charge in [0, 0.05) is 11.3 Å². The Morgan fingerprint density at radius 3 is 2.35 bits per heavy atom. The molecule has 0 atom stereocenters. The Kier molecular flexibility index (Phi) is 5.48. The molecule has 118 valence electrons. The van der Waals surface area contributed by atoms with Crippen LogP contribution in [-0.2, 0) is 0 Å². The van der Waals surface area contributed by atoms with Crippen LogP contribution in [-0.4, -0.2) is 20.1 Å². The number of methoxy groups -OCH3 is 2. The molecule has 0 aliphatic heterocycles. The third kappa shape index (κ3) is 3.76. The molecule has 23 heavy (non-hydrogen) atoms. The van der Waals surface area contributed by atoms with E-state index in [1.54, 1.807) is 24.3 Å². The zero-order valence-corrected chi connectivity index (χ0v) is 14.7. The molecule has 0 fully saturated rings. The van der Waals surface area contributed by atoms with Crippen LogP contribution < -0.4 is 14.8 Å². The Hall–Kier alpha value is -2.23. The molecule has 1 amide bonds. The molecule has 0 saturated carbocycles. The van der Waals surface area contributed by atoms with E-state index in [4.69, 9.17) is 26.3 Å². The monoisotopic (exact) mass is 394 g/mol. The molecule has 0 spiro atoms. The van der Waals surface area contributed by atoms with Gasteiger partial charge in [0.25, 0.3) is 5.91 Å². The quantitative estimate of drug-likeness (QED) is 0.840. The summed E-state index contributed by atoms with van der Waals surface area (Å²) in [4.78, 5) is 12.4. The number of carbonyl (C=O) groups is 1. The van der Waals surface area contributed by atoms with Crippen LogP contribution in [0.1, 0.15) is 15.9 Å². The molecule has 1 N–H and O–H groups in total. The number of hydrogen-bond donors (Lipinski definition) is 1. The van der Waals surface area contributed by atoms with E-state index in [0.717, 1.165) is 0 Å². The standard InChI is InChI=1S/C16H12BrClN2O3/c1-22-13-6-9(7-14(23-2)15(13)17)16(21)20-11-3-4-12(18)10(5-11)8-19/h3-7H,1-2H3,(H,20,21). The molecule has 7 heteroatoms. The van der Waals surface area contributed by atoms with Gasteiger partial charge in [0.2, 0.25) is 0 Å². The van der Waals surface area contributed by atoms with Crippen LogP contribution in [0.3, 0.4) is 0 Å². The van der Waals surface area contributed by atoms with Crippen molar-refractivity contribution in [2.45, 2.75) is 0 Å². The van der Waals surface area contributed by atoms with Crippen LogP contribution in [0.2, 0.25) is 5.02 Å². The van der Waals surface area contributed by atoms with Crippen molar-refractivity contribution in [1.29, 1.82) is 5.26 Å². The van der Waals surface area contributed by atoms with Crippen molar-refractivity contribution < 1.29 is 14.3 Å². The minimum absolute atomic E-state index is 0.287. The van der Waals surface area contributed by atoms with Crippen LogP contribution in [0.5, 0.6) is 11.5 Å². The van der Waals surface area contributed by atoms with E-state index in [9.17, 15) is 4.79 Å². The third-order valence-corrected chi connectivity index (χ3v) is 4.16. The SMILES string of the molecule is COc1cc(C(=O)Nc2ccc(Cl)c(C#N)c2)cc(OC)c1Br. The van der Waals surface area contributed by atoms with E-state index in [2.05, 4.69) is 21.2 Å². The van der Waals surface area contributed by atoms with Crippen LogP contribution >= 0.6 is 27.5 Å². The first-order chi connectivity index (χ1) is 11.0. The fraction of sp³-hybridized carbons (Fsp3) is 0.125. The molecule has 0 unspecified atom stereocenters. The zero-order valence-electron chi connectivity index (χ0n) is 12.3. The van der Waals surface area contributed by atoms with Gasteiger partial charge in [-0.25, -0.2) is 0 Å². The molecule has 2 rings (SSSR count). The topological polar surface area (TPSA) is 71.3 Å². The Balaban J connectivity index is 2.33. The van der Waals surface area contributed by atoms with E-state index >= 15 is 0 Å². The number of anilines is 1. The molecule has 0 saturated heterocycles. The van der Waals surface area contributed by atoms with Crippen molar-refractivity contribution in [3.8, 4) is 17.6 Å². The lowest BCUT2D eigenvalue weighted by Gasteiger charge is -2.12. The fourth-order valence-electron chi connectivity index (χ4n) is 1.89. The predicted molar refractivity (Wildman–Crippen MR) is 91.4 cm³/mol. The molecule has 0 aromatic heterocycles. The summed E-state index contributed by atoms with van der Waals surface area (Å²) >= 11 is 9.22. The number of ether oxygens (including phenoxy) is 2. The van der Waals surface area contributed by atoms with E-state index in [-0.39, 0.29) is 11.5 Å². The molecule has 0 aliphatic rings. The number of rotatable bonds is 4. The molecule has 2 aromatic rings. The molecule has 0 radical (unpaired) electrons. The summed E-state index contributed by atoms with van der Waals surface area (Å²) in [6.45, 7) is 0. The average molecular weight is 396 g/mol. The van der Waals surface area contributed by atoms with Gasteiger partial charge in [-0.3, -0.25) is 4.79 Å². The molecule has 0 heterocycles. The smallest absolute Gasteiger partial charge is 0.255 e. The van der Waals surface area contributed by atoms with Gasteiger partial charge in [0.15, 0.2) is 0 Å². The van der Waals surface area contributed by atoms with E-state index in [1.807, 2.05) is 6.07 Å². The van der Waals surface area contributed by atoms with Gasteiger partial charge in [0.1, 0.15) is 22.0 Å². The summed E-state index contributed by atoms with van der Waals surface area (Å²) in [7, 11) is 3.00. The van der Waals surface area contributed by atoms with Crippen LogP contribution in [0.15, 0.2) is 34.8 Å². The summed E-state index contributed by atoms with van der Waals surface area (Å²) in [6, 6.07) is 9.82. The van der Waals surface area contributed by atoms with E-state index < -0.39 is 0 Å². The van der Waals surface area contributed by atoms with Crippen molar-refractivity contribution in [3.63, 3.8) is 0 Å². The summed E-state index contributed by atoms with van der Waals surface area (Å²) in [5.41, 5.74) is 1.11. The van der Waals surface area contributed by atoms with Gasteiger partial charge in [-0.2, -0.15) is 5.26 Å². The Morgan fingerprint density at radius 2 is 1.83 bits per heavy atom. The summed E-state index contributed by atoms with van der Waals surface area (Å²) in [5, 5.41) is 12.0. The van der Waals surface area contributed by atoms with Crippen molar-refractivity contribution in [2.24, 2.45) is 0 Å². The highest BCUT2D eigenvalue weighted by atomic mass is 79.9. The van der Waals surface area contributed by atoms with Gasteiger partial charge in [0.05, 0.1) is 24.8 Å². The first kappa shape index (κ1) is 17.1. The van der Waals surface area contributed by atoms with E-state index in [0.29, 0.717) is 32.2 Å². The van der Waals surface area contributed by atoms with Crippen LogP contribution in [0.25, 0.3) is 0 Å². The first-order valence-corrected chi connectivity index (χ1v) is 7.59. The van der Waals surface area contributed by atoms with Crippen molar-refractivity contribution in [2.75, 3.05) is 19.5 Å². The zero-order chi connectivity index (χ0) is 17.0. The lowest BCUT2D eigenvalue weighted by Crippen LogP contribution is -2.12. The summed E-state index contributed by atoms with van der Waals surface area (Å²) < 4.78 is 11.0. The molecule has 2 aromatic carbocycles. The van der Waals surface area contributed by atoms with E-state index in [1.165, 1.54) is 20.3 Å². The highest BCUT2D eigenvalue weighted by molar-refractivity contribution is 9.10. The Bertz CT molecular complexity index is 777. The van der Waals surface area contributed by atoms with Gasteiger partial charge in [-0.1, -0.05) is 11.6 Å². The molecule has 5 nitrogen and oxygen atoms in total. The van der Waals surface area contributed by atoms with Gasteiger partial charge >= 0.3 is 0 Å². The van der Waals surface area contributed by atoms with Crippen LogP contribution in [0.4, 0.5) is 5.69 Å². The number of benzene rings is 2. The summed E-state index contributed by atoms with van der Waals surface area (Å²) in [6.07, 6.45) is 0. The van der Waals surface area contributed by atoms with Crippen LogP contribution in [0, 0.1) is 11.3 Å². The lowest BCUT2D eigenvalue weighted by atomic mass is 10.1. The second kappa shape index (κ2) is 7.36. The normalized spacial score (nSPS) is 9.87. The number of nitriles is 1. The molecule has 0 bridgehead atoms. The highest BCUT2D eigenvalue weighted by Gasteiger charge is 2.15.